The molecule has 0 aromatic carbocycles. The van der Waals surface area contributed by atoms with E-state index in [0.717, 1.165) is 29.2 Å². The predicted octanol–water partition coefficient (Wildman–Crippen LogP) is 2.80. The van der Waals surface area contributed by atoms with Gasteiger partial charge in [0.2, 0.25) is 0 Å². The number of rotatable bonds is 5. The molecule has 0 radical (unpaired) electrons. The molecule has 0 atom stereocenters. The van der Waals surface area contributed by atoms with Gasteiger partial charge in [-0.1, -0.05) is 31.0 Å². The molecule has 0 spiro atoms. The minimum absolute atomic E-state index is 0.753. The summed E-state index contributed by atoms with van der Waals surface area (Å²) in [6, 6.07) is 2.69. The van der Waals surface area contributed by atoms with Gasteiger partial charge < -0.3 is 5.32 Å². The molecule has 3 nitrogen and oxygen atoms in total. The quantitative estimate of drug-likeness (QED) is 0.496. The van der Waals surface area contributed by atoms with Gasteiger partial charge >= 0.3 is 0 Å². The Bertz CT molecular complexity index is 337. The van der Waals surface area contributed by atoms with Crippen molar-refractivity contribution in [3.05, 3.63) is 18.0 Å². The van der Waals surface area contributed by atoms with E-state index in [1.54, 1.807) is 11.8 Å². The van der Waals surface area contributed by atoms with Crippen LogP contribution in [0.4, 0.5) is 0 Å². The first kappa shape index (κ1) is 12.8. The van der Waals surface area contributed by atoms with Crippen molar-refractivity contribution >= 4 is 11.8 Å². The molecule has 4 heteroatoms. The van der Waals surface area contributed by atoms with E-state index < -0.39 is 0 Å². The molecule has 17 heavy (non-hydrogen) atoms. The van der Waals surface area contributed by atoms with E-state index in [-0.39, 0.29) is 0 Å². The SMILES string of the molecule is Cc1ccnc(SCCNC2CCCCC2)n1. The third kappa shape index (κ3) is 4.64. The fraction of sp³-hybridized carbons (Fsp3) is 0.692. The Balaban J connectivity index is 1.62. The van der Waals surface area contributed by atoms with Crippen LogP contribution in [0.3, 0.4) is 0 Å². The predicted molar refractivity (Wildman–Crippen MR) is 72.4 cm³/mol. The lowest BCUT2D eigenvalue weighted by Crippen LogP contribution is -2.32. The average Bonchev–Trinajstić information content (AvgIpc) is 2.36. The van der Waals surface area contributed by atoms with Crippen LogP contribution >= 0.6 is 11.8 Å². The Morgan fingerprint density at radius 2 is 2.18 bits per heavy atom. The van der Waals surface area contributed by atoms with Crippen LogP contribution < -0.4 is 5.32 Å². The van der Waals surface area contributed by atoms with Gasteiger partial charge in [-0.25, -0.2) is 9.97 Å². The number of hydrogen-bond acceptors (Lipinski definition) is 4. The van der Waals surface area contributed by atoms with Crippen molar-refractivity contribution < 1.29 is 0 Å². The molecule has 1 fully saturated rings. The first-order valence-electron chi connectivity index (χ1n) is 6.50. The summed E-state index contributed by atoms with van der Waals surface area (Å²) in [5.41, 5.74) is 1.04. The molecule has 0 unspecified atom stereocenters. The molecular formula is C13H21N3S. The van der Waals surface area contributed by atoms with E-state index in [4.69, 9.17) is 0 Å². The third-order valence-corrected chi connectivity index (χ3v) is 4.01. The lowest BCUT2D eigenvalue weighted by molar-refractivity contribution is 0.381. The Labute approximate surface area is 108 Å². The topological polar surface area (TPSA) is 37.8 Å². The maximum absolute atomic E-state index is 4.38. The van der Waals surface area contributed by atoms with Gasteiger partial charge in [0.05, 0.1) is 0 Å². The standard InChI is InChI=1S/C13H21N3S/c1-11-7-8-15-13(16-11)17-10-9-14-12-5-3-2-4-6-12/h7-8,12,14H,2-6,9-10H2,1H3. The number of thioether (sulfide) groups is 1. The highest BCUT2D eigenvalue weighted by atomic mass is 32.2. The van der Waals surface area contributed by atoms with E-state index in [9.17, 15) is 0 Å². The second kappa shape index (κ2) is 6.97. The van der Waals surface area contributed by atoms with Crippen molar-refractivity contribution in [3.8, 4) is 0 Å². The summed E-state index contributed by atoms with van der Waals surface area (Å²) in [4.78, 5) is 8.63. The van der Waals surface area contributed by atoms with E-state index in [2.05, 4.69) is 15.3 Å². The molecule has 1 aliphatic rings. The van der Waals surface area contributed by atoms with Crippen molar-refractivity contribution in [2.24, 2.45) is 0 Å². The second-order valence-electron chi connectivity index (χ2n) is 4.62. The maximum atomic E-state index is 4.38. The fourth-order valence-electron chi connectivity index (χ4n) is 2.21. The molecule has 0 aliphatic heterocycles. The largest absolute Gasteiger partial charge is 0.313 e. The summed E-state index contributed by atoms with van der Waals surface area (Å²) in [5, 5.41) is 4.53. The highest BCUT2D eigenvalue weighted by Gasteiger charge is 2.11. The minimum atomic E-state index is 0.753. The first-order valence-corrected chi connectivity index (χ1v) is 7.49. The Kier molecular flexibility index (Phi) is 5.26. The van der Waals surface area contributed by atoms with Crippen LogP contribution in [-0.2, 0) is 0 Å². The van der Waals surface area contributed by atoms with Gasteiger partial charge in [0.15, 0.2) is 5.16 Å². The molecule has 1 aromatic heterocycles. The summed E-state index contributed by atoms with van der Waals surface area (Å²) in [7, 11) is 0. The molecule has 1 aromatic rings. The summed E-state index contributed by atoms with van der Waals surface area (Å²) in [5.74, 6) is 1.06. The van der Waals surface area contributed by atoms with Crippen LogP contribution in [0.2, 0.25) is 0 Å². The Morgan fingerprint density at radius 1 is 1.35 bits per heavy atom. The van der Waals surface area contributed by atoms with Crippen LogP contribution in [0.5, 0.6) is 0 Å². The van der Waals surface area contributed by atoms with Gasteiger partial charge in [-0.3, -0.25) is 0 Å². The molecule has 1 N–H and O–H groups in total. The van der Waals surface area contributed by atoms with Gasteiger partial charge in [-0.05, 0) is 25.8 Å². The van der Waals surface area contributed by atoms with E-state index in [1.807, 2.05) is 19.2 Å². The van der Waals surface area contributed by atoms with Crippen molar-refractivity contribution in [2.75, 3.05) is 12.3 Å². The van der Waals surface area contributed by atoms with Gasteiger partial charge in [-0.2, -0.15) is 0 Å². The lowest BCUT2D eigenvalue weighted by Gasteiger charge is -2.22. The summed E-state index contributed by atoms with van der Waals surface area (Å²) in [6.45, 7) is 3.07. The van der Waals surface area contributed by atoms with Gasteiger partial charge in [0.1, 0.15) is 0 Å². The van der Waals surface area contributed by atoms with Crippen LogP contribution in [0, 0.1) is 6.92 Å². The van der Waals surface area contributed by atoms with Gasteiger partial charge in [0.25, 0.3) is 0 Å². The third-order valence-electron chi connectivity index (χ3n) is 3.14. The number of aryl methyl sites for hydroxylation is 1. The number of aromatic nitrogens is 2. The fourth-order valence-corrected chi connectivity index (χ4v) is 2.95. The molecular weight excluding hydrogens is 230 g/mol. The number of nitrogens with zero attached hydrogens (tertiary/aromatic N) is 2. The van der Waals surface area contributed by atoms with Crippen molar-refractivity contribution in [1.82, 2.24) is 15.3 Å². The molecule has 1 saturated carbocycles. The normalized spacial score (nSPS) is 17.2. The van der Waals surface area contributed by atoms with Crippen LogP contribution in [0.15, 0.2) is 17.4 Å². The molecule has 1 heterocycles. The molecule has 0 bridgehead atoms. The zero-order valence-corrected chi connectivity index (χ0v) is 11.3. The molecule has 1 aliphatic carbocycles. The zero-order chi connectivity index (χ0) is 11.9. The monoisotopic (exact) mass is 251 g/mol. The zero-order valence-electron chi connectivity index (χ0n) is 10.5. The number of hydrogen-bond donors (Lipinski definition) is 1. The Morgan fingerprint density at radius 3 is 2.94 bits per heavy atom. The lowest BCUT2D eigenvalue weighted by atomic mass is 9.96. The van der Waals surface area contributed by atoms with Gasteiger partial charge in [0, 0.05) is 30.2 Å². The van der Waals surface area contributed by atoms with Crippen LogP contribution in [0.1, 0.15) is 37.8 Å². The van der Waals surface area contributed by atoms with E-state index in [0.29, 0.717) is 0 Å². The van der Waals surface area contributed by atoms with Crippen molar-refractivity contribution in [3.63, 3.8) is 0 Å². The average molecular weight is 251 g/mol. The van der Waals surface area contributed by atoms with Gasteiger partial charge in [-0.15, -0.1) is 0 Å². The Hall–Kier alpha value is -0.610. The van der Waals surface area contributed by atoms with E-state index >= 15 is 0 Å². The number of nitrogens with one attached hydrogen (secondary N) is 1. The highest BCUT2D eigenvalue weighted by Crippen LogP contribution is 2.17. The smallest absolute Gasteiger partial charge is 0.187 e. The first-order chi connectivity index (χ1) is 8.34. The molecule has 0 saturated heterocycles. The minimum Gasteiger partial charge on any atom is -0.313 e. The molecule has 94 valence electrons. The van der Waals surface area contributed by atoms with Crippen LogP contribution in [0.25, 0.3) is 0 Å². The second-order valence-corrected chi connectivity index (χ2v) is 5.68. The maximum Gasteiger partial charge on any atom is 0.187 e. The molecule has 2 rings (SSSR count). The van der Waals surface area contributed by atoms with Crippen molar-refractivity contribution in [1.29, 1.82) is 0 Å². The molecule has 0 amide bonds. The van der Waals surface area contributed by atoms with Crippen molar-refractivity contribution in [2.45, 2.75) is 50.2 Å². The van der Waals surface area contributed by atoms with E-state index in [1.165, 1.54) is 32.1 Å². The summed E-state index contributed by atoms with van der Waals surface area (Å²) in [6.07, 6.45) is 8.75. The summed E-state index contributed by atoms with van der Waals surface area (Å²) >= 11 is 1.74. The highest BCUT2D eigenvalue weighted by molar-refractivity contribution is 7.99. The van der Waals surface area contributed by atoms with Crippen LogP contribution in [-0.4, -0.2) is 28.3 Å². The summed E-state index contributed by atoms with van der Waals surface area (Å²) < 4.78 is 0.